The van der Waals surface area contributed by atoms with E-state index in [1.54, 1.807) is 11.9 Å². The van der Waals surface area contributed by atoms with Crippen molar-refractivity contribution in [2.75, 3.05) is 25.1 Å². The molecule has 23 heavy (non-hydrogen) atoms. The Bertz CT molecular complexity index is 673. The second kappa shape index (κ2) is 7.12. The number of hydrogen-bond donors (Lipinski definition) is 0. The lowest BCUT2D eigenvalue weighted by Crippen LogP contribution is -2.46. The zero-order valence-electron chi connectivity index (χ0n) is 13.4. The summed E-state index contributed by atoms with van der Waals surface area (Å²) in [6.07, 6.45) is 0.400. The molecular formula is C16H22N2O4S. The Kier molecular flexibility index (Phi) is 5.41. The maximum absolute atomic E-state index is 12.4. The highest BCUT2D eigenvalue weighted by molar-refractivity contribution is 7.91. The van der Waals surface area contributed by atoms with Gasteiger partial charge in [-0.15, -0.1) is 0 Å². The summed E-state index contributed by atoms with van der Waals surface area (Å²) in [6, 6.07) is 9.17. The third-order valence-electron chi connectivity index (χ3n) is 4.05. The maximum Gasteiger partial charge on any atom is 0.242 e. The zero-order chi connectivity index (χ0) is 17.0. The minimum atomic E-state index is -3.10. The molecule has 126 valence electrons. The fourth-order valence-corrected chi connectivity index (χ4v) is 4.46. The molecule has 0 N–H and O–H groups in total. The molecule has 2 amide bonds. The third kappa shape index (κ3) is 4.79. The van der Waals surface area contributed by atoms with Crippen molar-refractivity contribution < 1.29 is 18.0 Å². The van der Waals surface area contributed by atoms with Crippen molar-refractivity contribution in [1.29, 1.82) is 0 Å². The Hall–Kier alpha value is -1.89. The van der Waals surface area contributed by atoms with Crippen LogP contribution in [0.4, 0.5) is 0 Å². The fourth-order valence-electron chi connectivity index (χ4n) is 2.73. The fraction of sp³-hybridized carbons (Fsp3) is 0.500. The molecule has 1 atom stereocenters. The lowest BCUT2D eigenvalue weighted by molar-refractivity contribution is -0.140. The number of benzene rings is 1. The van der Waals surface area contributed by atoms with E-state index in [1.807, 2.05) is 30.3 Å². The van der Waals surface area contributed by atoms with Crippen LogP contribution in [0.3, 0.4) is 0 Å². The number of likely N-dealkylation sites (N-methyl/N-ethyl adjacent to an activating group) is 1. The second-order valence-corrected chi connectivity index (χ2v) is 8.17. The smallest absolute Gasteiger partial charge is 0.242 e. The predicted molar refractivity (Wildman–Crippen MR) is 87.4 cm³/mol. The van der Waals surface area contributed by atoms with Gasteiger partial charge in [-0.1, -0.05) is 30.3 Å². The molecule has 0 bridgehead atoms. The number of carbonyl (C=O) groups excluding carboxylic acids is 2. The number of sulfone groups is 1. The molecule has 1 aliphatic heterocycles. The van der Waals surface area contributed by atoms with E-state index in [9.17, 15) is 18.0 Å². The normalized spacial score (nSPS) is 19.3. The molecule has 0 spiro atoms. The monoisotopic (exact) mass is 338 g/mol. The Morgan fingerprint density at radius 2 is 1.87 bits per heavy atom. The van der Waals surface area contributed by atoms with Gasteiger partial charge in [-0.05, 0) is 12.0 Å². The largest absolute Gasteiger partial charge is 0.340 e. The molecule has 1 saturated heterocycles. The van der Waals surface area contributed by atoms with Gasteiger partial charge in [-0.2, -0.15) is 0 Å². The molecule has 1 unspecified atom stereocenters. The standard InChI is InChI=1S/C16H22N2O4S/c1-13(19)18(15-8-9-23(21,22)12-15)11-16(20)17(2)10-14-6-4-3-5-7-14/h3-7,15H,8-12H2,1-2H3. The van der Waals surface area contributed by atoms with Crippen LogP contribution >= 0.6 is 0 Å². The average Bonchev–Trinajstić information content (AvgIpc) is 2.85. The van der Waals surface area contributed by atoms with Crippen molar-refractivity contribution in [3.05, 3.63) is 35.9 Å². The van der Waals surface area contributed by atoms with Crippen LogP contribution in [0.15, 0.2) is 30.3 Å². The Labute approximate surface area is 137 Å². The molecule has 1 aromatic carbocycles. The van der Waals surface area contributed by atoms with Crippen LogP contribution in [0.2, 0.25) is 0 Å². The molecular weight excluding hydrogens is 316 g/mol. The summed E-state index contributed by atoms with van der Waals surface area (Å²) in [7, 11) is -1.42. The van der Waals surface area contributed by atoms with Gasteiger partial charge in [0.05, 0.1) is 11.5 Å². The minimum Gasteiger partial charge on any atom is -0.340 e. The molecule has 1 aromatic rings. The van der Waals surface area contributed by atoms with E-state index < -0.39 is 15.9 Å². The highest BCUT2D eigenvalue weighted by atomic mass is 32.2. The van der Waals surface area contributed by atoms with Gasteiger partial charge in [0.1, 0.15) is 6.54 Å². The van der Waals surface area contributed by atoms with Crippen LogP contribution in [-0.2, 0) is 26.0 Å². The second-order valence-electron chi connectivity index (χ2n) is 5.94. The summed E-state index contributed by atoms with van der Waals surface area (Å²) in [5, 5.41) is 0. The van der Waals surface area contributed by atoms with Crippen molar-refractivity contribution in [3.8, 4) is 0 Å². The van der Waals surface area contributed by atoms with Gasteiger partial charge in [-0.3, -0.25) is 9.59 Å². The molecule has 7 heteroatoms. The lowest BCUT2D eigenvalue weighted by atomic mass is 10.2. The number of rotatable bonds is 5. The van der Waals surface area contributed by atoms with Crippen molar-refractivity contribution in [3.63, 3.8) is 0 Å². The van der Waals surface area contributed by atoms with Crippen molar-refractivity contribution >= 4 is 21.7 Å². The quantitative estimate of drug-likeness (QED) is 0.791. The number of carbonyl (C=O) groups is 2. The number of nitrogens with zero attached hydrogens (tertiary/aromatic N) is 2. The summed E-state index contributed by atoms with van der Waals surface area (Å²) in [6.45, 7) is 1.74. The summed E-state index contributed by atoms with van der Waals surface area (Å²) in [5.74, 6) is -0.445. The topological polar surface area (TPSA) is 74.8 Å². The molecule has 0 saturated carbocycles. The molecule has 1 aliphatic rings. The van der Waals surface area contributed by atoms with Crippen LogP contribution < -0.4 is 0 Å². The Balaban J connectivity index is 1.99. The van der Waals surface area contributed by atoms with E-state index in [0.717, 1.165) is 5.56 Å². The molecule has 1 heterocycles. The van der Waals surface area contributed by atoms with Gasteiger partial charge in [0.2, 0.25) is 11.8 Å². The highest BCUT2D eigenvalue weighted by Crippen LogP contribution is 2.18. The lowest BCUT2D eigenvalue weighted by Gasteiger charge is -2.28. The maximum atomic E-state index is 12.4. The first-order valence-corrected chi connectivity index (χ1v) is 9.36. The molecule has 1 fully saturated rings. The van der Waals surface area contributed by atoms with Crippen LogP contribution in [-0.4, -0.2) is 61.2 Å². The zero-order valence-corrected chi connectivity index (χ0v) is 14.3. The van der Waals surface area contributed by atoms with Gasteiger partial charge < -0.3 is 9.80 Å². The van der Waals surface area contributed by atoms with Crippen LogP contribution in [0.1, 0.15) is 18.9 Å². The Morgan fingerprint density at radius 1 is 1.22 bits per heavy atom. The van der Waals surface area contributed by atoms with Crippen LogP contribution in [0.25, 0.3) is 0 Å². The molecule has 2 rings (SSSR count). The summed E-state index contributed by atoms with van der Waals surface area (Å²) < 4.78 is 23.2. The van der Waals surface area contributed by atoms with Crippen LogP contribution in [0.5, 0.6) is 0 Å². The number of amides is 2. The molecule has 6 nitrogen and oxygen atoms in total. The molecule has 0 aromatic heterocycles. The summed E-state index contributed by atoms with van der Waals surface area (Å²) in [5.41, 5.74) is 1.00. The average molecular weight is 338 g/mol. The third-order valence-corrected chi connectivity index (χ3v) is 5.80. The van der Waals surface area contributed by atoms with E-state index in [4.69, 9.17) is 0 Å². The highest BCUT2D eigenvalue weighted by Gasteiger charge is 2.34. The van der Waals surface area contributed by atoms with Crippen LogP contribution in [0, 0.1) is 0 Å². The SMILES string of the molecule is CC(=O)N(CC(=O)N(C)Cc1ccccc1)C1CCS(=O)(=O)C1. The molecule has 0 radical (unpaired) electrons. The van der Waals surface area contributed by atoms with E-state index in [2.05, 4.69) is 0 Å². The van der Waals surface area contributed by atoms with Gasteiger partial charge in [-0.25, -0.2) is 8.42 Å². The van der Waals surface area contributed by atoms with E-state index >= 15 is 0 Å². The molecule has 0 aliphatic carbocycles. The summed E-state index contributed by atoms with van der Waals surface area (Å²) in [4.78, 5) is 27.1. The van der Waals surface area contributed by atoms with Crippen molar-refractivity contribution in [2.24, 2.45) is 0 Å². The van der Waals surface area contributed by atoms with E-state index in [0.29, 0.717) is 13.0 Å². The van der Waals surface area contributed by atoms with E-state index in [1.165, 1.54) is 11.8 Å². The van der Waals surface area contributed by atoms with Gasteiger partial charge in [0, 0.05) is 26.6 Å². The predicted octanol–water partition coefficient (Wildman–Crippen LogP) is 0.681. The van der Waals surface area contributed by atoms with Gasteiger partial charge in [0.15, 0.2) is 9.84 Å². The minimum absolute atomic E-state index is 0.0533. The summed E-state index contributed by atoms with van der Waals surface area (Å²) >= 11 is 0. The van der Waals surface area contributed by atoms with Crippen molar-refractivity contribution in [1.82, 2.24) is 9.80 Å². The van der Waals surface area contributed by atoms with Gasteiger partial charge in [0.25, 0.3) is 0 Å². The van der Waals surface area contributed by atoms with E-state index in [-0.39, 0.29) is 29.9 Å². The van der Waals surface area contributed by atoms with Crippen molar-refractivity contribution in [2.45, 2.75) is 25.9 Å². The number of hydrogen-bond acceptors (Lipinski definition) is 4. The first-order chi connectivity index (χ1) is 10.8. The Morgan fingerprint density at radius 3 is 2.39 bits per heavy atom. The first kappa shape index (κ1) is 17.5. The first-order valence-electron chi connectivity index (χ1n) is 7.54. The van der Waals surface area contributed by atoms with Gasteiger partial charge >= 0.3 is 0 Å².